The first-order chi connectivity index (χ1) is 16.1. The molecule has 0 bridgehead atoms. The molecule has 1 aliphatic heterocycles. The van der Waals surface area contributed by atoms with Crippen molar-refractivity contribution in [2.45, 2.75) is 49.5 Å². The molecule has 2 fully saturated rings. The summed E-state index contributed by atoms with van der Waals surface area (Å²) < 4.78 is 33.3. The second kappa shape index (κ2) is 9.70. The molecular weight excluding hydrogens is 438 g/mol. The van der Waals surface area contributed by atoms with Crippen LogP contribution in [0.1, 0.15) is 49.5 Å². The Morgan fingerprint density at radius 3 is 2.39 bits per heavy atom. The Labute approximate surface area is 194 Å². The third-order valence-corrected chi connectivity index (χ3v) is 8.56. The monoisotopic (exact) mass is 467 g/mol. The average molecular weight is 468 g/mol. The predicted molar refractivity (Wildman–Crippen MR) is 124 cm³/mol. The van der Waals surface area contributed by atoms with Gasteiger partial charge in [0.1, 0.15) is 5.69 Å². The van der Waals surface area contributed by atoms with Crippen molar-refractivity contribution in [1.29, 1.82) is 0 Å². The fourth-order valence-corrected chi connectivity index (χ4v) is 6.16. The second-order valence-corrected chi connectivity index (χ2v) is 10.7. The van der Waals surface area contributed by atoms with Crippen LogP contribution >= 0.6 is 0 Å². The van der Waals surface area contributed by atoms with Crippen molar-refractivity contribution in [3.05, 3.63) is 60.1 Å². The highest BCUT2D eigenvalue weighted by Crippen LogP contribution is 2.33. The molecule has 0 amide bonds. The van der Waals surface area contributed by atoms with Crippen molar-refractivity contribution in [2.75, 3.05) is 26.2 Å². The van der Waals surface area contributed by atoms with Crippen LogP contribution in [0.4, 0.5) is 0 Å². The van der Waals surface area contributed by atoms with E-state index in [1.807, 2.05) is 30.3 Å². The number of hydrogen-bond donors (Lipinski definition) is 0. The number of sulfonamides is 1. The minimum Gasteiger partial charge on any atom is -0.337 e. The molecule has 0 N–H and O–H groups in total. The van der Waals surface area contributed by atoms with Crippen LogP contribution in [-0.4, -0.2) is 58.9 Å². The Morgan fingerprint density at radius 1 is 0.939 bits per heavy atom. The summed E-state index contributed by atoms with van der Waals surface area (Å²) in [5, 5.41) is 4.00. The zero-order chi connectivity index (χ0) is 22.7. The van der Waals surface area contributed by atoms with Crippen LogP contribution in [0, 0.1) is 0 Å². The maximum Gasteiger partial charge on any atom is 0.243 e. The minimum absolute atomic E-state index is 0.382. The Balaban J connectivity index is 1.18. The number of rotatable bonds is 6. The van der Waals surface area contributed by atoms with E-state index in [2.05, 4.69) is 20.0 Å². The lowest BCUT2D eigenvalue weighted by Crippen LogP contribution is -2.48. The van der Waals surface area contributed by atoms with Crippen LogP contribution in [0.5, 0.6) is 0 Å². The minimum atomic E-state index is -3.49. The summed E-state index contributed by atoms with van der Waals surface area (Å²) >= 11 is 0. The van der Waals surface area contributed by atoms with Crippen molar-refractivity contribution in [1.82, 2.24) is 24.3 Å². The number of nitrogens with zero attached hydrogens (tertiary/aromatic N) is 5. The van der Waals surface area contributed by atoms with Crippen LogP contribution in [0.25, 0.3) is 11.5 Å². The topological polar surface area (TPSA) is 92.4 Å². The van der Waals surface area contributed by atoms with Gasteiger partial charge in [-0.1, -0.05) is 42.6 Å². The highest BCUT2D eigenvalue weighted by Gasteiger charge is 2.29. The Bertz CT molecular complexity index is 1150. The molecule has 3 heterocycles. The number of hydrogen-bond acceptors (Lipinski definition) is 7. The molecule has 174 valence electrons. The summed E-state index contributed by atoms with van der Waals surface area (Å²) in [5.74, 6) is 1.54. The molecule has 1 saturated carbocycles. The zero-order valence-electron chi connectivity index (χ0n) is 18.6. The van der Waals surface area contributed by atoms with Crippen molar-refractivity contribution in [2.24, 2.45) is 0 Å². The van der Waals surface area contributed by atoms with Gasteiger partial charge in [0.05, 0.1) is 11.4 Å². The Morgan fingerprint density at radius 2 is 1.70 bits per heavy atom. The van der Waals surface area contributed by atoms with E-state index in [1.165, 1.54) is 37.7 Å². The van der Waals surface area contributed by atoms with Gasteiger partial charge in [-0.15, -0.1) is 0 Å². The molecule has 1 saturated heterocycles. The molecule has 0 atom stereocenters. The van der Waals surface area contributed by atoms with Crippen LogP contribution in [-0.2, 0) is 16.6 Å². The fraction of sp³-hybridized carbons (Fsp3) is 0.458. The second-order valence-electron chi connectivity index (χ2n) is 8.81. The van der Waals surface area contributed by atoms with E-state index in [1.54, 1.807) is 22.6 Å². The fourth-order valence-electron chi connectivity index (χ4n) is 4.73. The van der Waals surface area contributed by atoms with Crippen LogP contribution in [0.3, 0.4) is 0 Å². The van der Waals surface area contributed by atoms with Gasteiger partial charge in [0, 0.05) is 32.4 Å². The number of aromatic nitrogens is 3. The van der Waals surface area contributed by atoms with Gasteiger partial charge in [-0.25, -0.2) is 8.42 Å². The van der Waals surface area contributed by atoms with E-state index < -0.39 is 10.0 Å². The van der Waals surface area contributed by atoms with Crippen molar-refractivity contribution < 1.29 is 12.9 Å². The van der Waals surface area contributed by atoms with E-state index in [0.29, 0.717) is 60.9 Å². The van der Waals surface area contributed by atoms with Gasteiger partial charge < -0.3 is 4.52 Å². The molecule has 33 heavy (non-hydrogen) atoms. The Hall–Kier alpha value is -2.62. The third-order valence-electron chi connectivity index (χ3n) is 6.65. The lowest BCUT2D eigenvalue weighted by Gasteiger charge is -2.33. The molecule has 1 aliphatic carbocycles. The largest absolute Gasteiger partial charge is 0.337 e. The first kappa shape index (κ1) is 22.2. The first-order valence-corrected chi connectivity index (χ1v) is 13.1. The van der Waals surface area contributed by atoms with Crippen LogP contribution in [0.15, 0.2) is 58.1 Å². The molecule has 5 rings (SSSR count). The quantitative estimate of drug-likeness (QED) is 0.546. The molecular formula is C24H29N5O3S. The molecule has 2 aromatic heterocycles. The van der Waals surface area contributed by atoms with Gasteiger partial charge in [-0.05, 0) is 48.6 Å². The standard InChI is InChI=1S/C24H29N5O3S/c30-33(31,21-11-9-20(10-12-21)19-6-2-1-3-7-19)29-16-14-28(15-17-29)18-23-26-24(27-32-23)22-8-4-5-13-25-22/h4-5,8-13,19H,1-3,6-7,14-18H2. The highest BCUT2D eigenvalue weighted by molar-refractivity contribution is 7.89. The summed E-state index contributed by atoms with van der Waals surface area (Å²) in [6, 6.07) is 13.1. The lowest BCUT2D eigenvalue weighted by atomic mass is 9.84. The number of piperazine rings is 1. The van der Waals surface area contributed by atoms with Crippen LogP contribution < -0.4 is 0 Å². The van der Waals surface area contributed by atoms with Gasteiger partial charge in [0.25, 0.3) is 0 Å². The highest BCUT2D eigenvalue weighted by atomic mass is 32.2. The van der Waals surface area contributed by atoms with E-state index >= 15 is 0 Å². The summed E-state index contributed by atoms with van der Waals surface area (Å²) in [6.45, 7) is 2.59. The molecule has 1 aromatic carbocycles. The van der Waals surface area contributed by atoms with Gasteiger partial charge in [0.15, 0.2) is 0 Å². The third kappa shape index (κ3) is 5.00. The molecule has 0 spiro atoms. The van der Waals surface area contributed by atoms with E-state index in [-0.39, 0.29) is 0 Å². The molecule has 2 aliphatic rings. The van der Waals surface area contributed by atoms with Crippen molar-refractivity contribution >= 4 is 10.0 Å². The predicted octanol–water partition coefficient (Wildman–Crippen LogP) is 3.69. The Kier molecular flexibility index (Phi) is 6.52. The molecule has 8 nitrogen and oxygen atoms in total. The number of benzene rings is 1. The lowest BCUT2D eigenvalue weighted by molar-refractivity contribution is 0.163. The smallest absolute Gasteiger partial charge is 0.243 e. The summed E-state index contributed by atoms with van der Waals surface area (Å²) in [6.07, 6.45) is 7.95. The van der Waals surface area contributed by atoms with Gasteiger partial charge in [0.2, 0.25) is 21.7 Å². The van der Waals surface area contributed by atoms with Crippen molar-refractivity contribution in [3.63, 3.8) is 0 Å². The summed E-state index contributed by atoms with van der Waals surface area (Å²) in [4.78, 5) is 11.2. The van der Waals surface area contributed by atoms with Gasteiger partial charge in [-0.3, -0.25) is 9.88 Å². The molecule has 0 unspecified atom stereocenters. The van der Waals surface area contributed by atoms with E-state index in [4.69, 9.17) is 4.52 Å². The van der Waals surface area contributed by atoms with Gasteiger partial charge in [-0.2, -0.15) is 9.29 Å². The van der Waals surface area contributed by atoms with E-state index in [9.17, 15) is 8.42 Å². The maximum atomic E-state index is 13.2. The number of pyridine rings is 1. The molecule has 0 radical (unpaired) electrons. The maximum absolute atomic E-state index is 13.2. The SMILES string of the molecule is O=S(=O)(c1ccc(C2CCCCC2)cc1)N1CCN(Cc2nc(-c3ccccn3)no2)CC1. The normalized spacial score (nSPS) is 19.0. The summed E-state index contributed by atoms with van der Waals surface area (Å²) in [5.41, 5.74) is 1.93. The van der Waals surface area contributed by atoms with E-state index in [0.717, 1.165) is 0 Å². The van der Waals surface area contributed by atoms with Crippen LogP contribution in [0.2, 0.25) is 0 Å². The molecule has 3 aromatic rings. The molecule has 9 heteroatoms. The summed E-state index contributed by atoms with van der Waals surface area (Å²) in [7, 11) is -3.49. The van der Waals surface area contributed by atoms with Gasteiger partial charge >= 0.3 is 0 Å². The first-order valence-electron chi connectivity index (χ1n) is 11.7. The zero-order valence-corrected chi connectivity index (χ0v) is 19.5. The van der Waals surface area contributed by atoms with Crippen molar-refractivity contribution in [3.8, 4) is 11.5 Å². The average Bonchev–Trinajstić information content (AvgIpc) is 3.34.